The number of unbranched alkanes of at least 4 members (excludes halogenated alkanes) is 4. The van der Waals surface area contributed by atoms with E-state index in [0.29, 0.717) is 83.4 Å². The number of para-hydroxylation sites is 1. The molecule has 35 nitrogen and oxygen atoms in total. The highest BCUT2D eigenvalue weighted by Gasteiger charge is 2.38. The van der Waals surface area contributed by atoms with E-state index in [1.807, 2.05) is 42.5 Å². The first-order chi connectivity index (χ1) is 59.9. The van der Waals surface area contributed by atoms with Crippen LogP contribution in [0.25, 0.3) is 21.7 Å². The first kappa shape index (κ1) is 100. The second kappa shape index (κ2) is 52.2. The number of H-pyrrole nitrogens is 1. The van der Waals surface area contributed by atoms with Crippen LogP contribution in [0.5, 0.6) is 5.75 Å². The number of benzene rings is 6. The van der Waals surface area contributed by atoms with E-state index in [0.717, 1.165) is 16.3 Å². The van der Waals surface area contributed by atoms with Gasteiger partial charge in [-0.15, -0.1) is 0 Å². The maximum atomic E-state index is 15.3. The number of phenolic OH excluding ortho intramolecular Hbond substituents is 1. The van der Waals surface area contributed by atoms with Gasteiger partial charge in [0.25, 0.3) is 0 Å². The molecule has 676 valence electrons. The topological polar surface area (TPSA) is 599 Å². The molecule has 7 aromatic rings. The van der Waals surface area contributed by atoms with Gasteiger partial charge in [0.15, 0.2) is 0 Å². The minimum absolute atomic E-state index is 0.0463. The smallest absolute Gasteiger partial charge is 0.245 e. The quantitative estimate of drug-likeness (QED) is 0.0171. The molecule has 28 N–H and O–H groups in total. The van der Waals surface area contributed by atoms with E-state index >= 15 is 9.59 Å². The molecule has 0 aliphatic carbocycles. The summed E-state index contributed by atoms with van der Waals surface area (Å²) in [6.07, 6.45) is 1.23. The van der Waals surface area contributed by atoms with E-state index in [2.05, 4.69) is 81.4 Å². The Morgan fingerprint density at radius 2 is 0.832 bits per heavy atom. The third kappa shape index (κ3) is 33.4. The minimum atomic E-state index is -1.84. The Kier molecular flexibility index (Phi) is 42.0. The van der Waals surface area contributed by atoms with Gasteiger partial charge < -0.3 is 119 Å². The number of phenols is 1. The zero-order valence-electron chi connectivity index (χ0n) is 70.2. The fourth-order valence-corrected chi connectivity index (χ4v) is 14.2. The molecule has 0 radical (unpaired) electrons. The van der Waals surface area contributed by atoms with Gasteiger partial charge in [0.2, 0.25) is 76.8 Å². The molecule has 0 aliphatic heterocycles. The van der Waals surface area contributed by atoms with E-state index in [1.54, 1.807) is 85.1 Å². The number of aliphatic hydroxyl groups excluding tert-OH is 2. The largest absolute Gasteiger partial charge is 0.508 e. The van der Waals surface area contributed by atoms with Crippen LogP contribution in [0.1, 0.15) is 119 Å². The number of aromatic nitrogens is 1. The van der Waals surface area contributed by atoms with Gasteiger partial charge in [-0.05, 0) is 186 Å². The predicted molar refractivity (Wildman–Crippen MR) is 477 cm³/mol. The number of aromatic amines is 1. The van der Waals surface area contributed by atoms with E-state index in [1.165, 1.54) is 38.1 Å². The van der Waals surface area contributed by atoms with Gasteiger partial charge in [-0.1, -0.05) is 127 Å². The van der Waals surface area contributed by atoms with Crippen LogP contribution in [-0.4, -0.2) is 220 Å². The van der Waals surface area contributed by atoms with Crippen molar-refractivity contribution in [3.05, 3.63) is 185 Å². The molecule has 7 rings (SSSR count). The Bertz CT molecular complexity index is 4720. The van der Waals surface area contributed by atoms with Gasteiger partial charge in [-0.3, -0.25) is 62.3 Å². The van der Waals surface area contributed by atoms with E-state index in [-0.39, 0.29) is 102 Å². The molecule has 125 heavy (non-hydrogen) atoms. The van der Waals surface area contributed by atoms with E-state index in [4.69, 9.17) is 46.0 Å². The van der Waals surface area contributed by atoms with Crippen LogP contribution in [0.15, 0.2) is 152 Å². The van der Waals surface area contributed by atoms with Crippen LogP contribution in [0.3, 0.4) is 0 Å². The average Bonchev–Trinajstić information content (AvgIpc) is 1.69. The van der Waals surface area contributed by atoms with Crippen LogP contribution < -0.4 is 98.2 Å². The molecule has 37 heteroatoms. The van der Waals surface area contributed by atoms with Crippen LogP contribution >= 0.6 is 24.2 Å². The predicted octanol–water partition coefficient (Wildman–Crippen LogP) is -0.338. The first-order valence-electron chi connectivity index (χ1n) is 41.9. The zero-order chi connectivity index (χ0) is 91.1. The summed E-state index contributed by atoms with van der Waals surface area (Å²) in [5, 5.41) is 67.3. The summed E-state index contributed by atoms with van der Waals surface area (Å²) in [6.45, 7) is 2.65. The molecule has 0 saturated carbocycles. The third-order valence-electron chi connectivity index (χ3n) is 21.0. The van der Waals surface area contributed by atoms with Gasteiger partial charge in [-0.25, -0.2) is 0 Å². The maximum Gasteiger partial charge on any atom is 0.245 e. The third-order valence-corrected chi connectivity index (χ3v) is 21.6. The number of rotatable bonds is 54. The van der Waals surface area contributed by atoms with Crippen molar-refractivity contribution in [2.75, 3.05) is 38.5 Å². The lowest BCUT2D eigenvalue weighted by Gasteiger charge is -2.29. The molecule has 1 aromatic heterocycles. The summed E-state index contributed by atoms with van der Waals surface area (Å²) in [6, 6.07) is 24.8. The molecule has 0 bridgehead atoms. The van der Waals surface area contributed by atoms with Gasteiger partial charge in [-0.2, -0.15) is 12.6 Å². The highest BCUT2D eigenvalue weighted by Crippen LogP contribution is 2.23. The number of hydrogen-bond acceptors (Lipinski definition) is 22. The summed E-state index contributed by atoms with van der Waals surface area (Å²) in [5.41, 5.74) is 39.0. The lowest BCUT2D eigenvalue weighted by atomic mass is 9.99. The Hall–Kier alpha value is -11.6. The first-order valence-corrected chi connectivity index (χ1v) is 42.9. The van der Waals surface area contributed by atoms with E-state index < -0.39 is 168 Å². The number of nitrogens with one attached hydrogen (secondary N) is 13. The number of aliphatic hydroxyl groups is 2. The normalized spacial score (nSPS) is 14.6. The summed E-state index contributed by atoms with van der Waals surface area (Å²) < 4.78 is 0. The second-order valence-corrected chi connectivity index (χ2v) is 31.8. The number of carbonyl (C=O) groups is 13. The highest BCUT2D eigenvalue weighted by atomic mass is 35.5. The molecule has 1 heterocycles. The molecular formula is C88H120ClN19O16S. The number of primary amides is 1. The van der Waals surface area contributed by atoms with Crippen molar-refractivity contribution in [3.8, 4) is 5.75 Å². The van der Waals surface area contributed by atoms with Gasteiger partial charge in [0.1, 0.15) is 66.2 Å². The monoisotopic (exact) mass is 1770 g/mol. The molecule has 14 atom stereocenters. The Balaban J connectivity index is 1.01. The van der Waals surface area contributed by atoms with E-state index in [9.17, 15) is 68.1 Å². The van der Waals surface area contributed by atoms with Gasteiger partial charge in [0.05, 0.1) is 30.8 Å². The van der Waals surface area contributed by atoms with Crippen molar-refractivity contribution in [2.45, 2.75) is 208 Å². The molecule has 6 aromatic carbocycles. The number of nitrogens with two attached hydrogens (primary N) is 6. The highest BCUT2D eigenvalue weighted by molar-refractivity contribution is 7.80. The van der Waals surface area contributed by atoms with Crippen LogP contribution in [-0.2, 0) is 94.4 Å². The van der Waals surface area contributed by atoms with Crippen molar-refractivity contribution in [1.82, 2.24) is 68.8 Å². The van der Waals surface area contributed by atoms with Crippen molar-refractivity contribution >= 4 is 123 Å². The number of halogens is 1. The van der Waals surface area contributed by atoms with Crippen LogP contribution in [0.2, 0.25) is 5.02 Å². The molecule has 0 fully saturated rings. The zero-order valence-corrected chi connectivity index (χ0v) is 71.9. The Morgan fingerprint density at radius 3 is 1.38 bits per heavy atom. The summed E-state index contributed by atoms with van der Waals surface area (Å²) in [7, 11) is 0. The maximum absolute atomic E-state index is 15.3. The molecule has 0 unspecified atom stereocenters. The van der Waals surface area contributed by atoms with Gasteiger partial charge in [0, 0.05) is 60.1 Å². The lowest BCUT2D eigenvalue weighted by molar-refractivity contribution is -0.137. The molecule has 13 amide bonds. The molecule has 0 spiro atoms. The summed E-state index contributed by atoms with van der Waals surface area (Å²) in [5.74, 6) is -11.2. The Morgan fingerprint density at radius 1 is 0.400 bits per heavy atom. The lowest BCUT2D eigenvalue weighted by Crippen LogP contribution is -2.62. The van der Waals surface area contributed by atoms with Crippen LogP contribution in [0.4, 0.5) is 0 Å². The second-order valence-electron chi connectivity index (χ2n) is 31.0. The average molecular weight is 1770 g/mol. The fourth-order valence-electron chi connectivity index (χ4n) is 13.8. The molecular weight excluding hydrogens is 1650 g/mol. The standard InChI is InChI=1S/C88H120ClN19O16S/c1-51(109)75(87(123)96-41-17-13-23-63(93)78(114)98-49-74(112)99-73(50-125)86(122)102-67(26-11-15-39-91)80(116)100-66(77(95)113)25-10-14-38-90)107-85(121)71(44-53-18-4-3-5-19-53)106-88(124)76(52(2)110)108-81(117)68(27-12-16-40-92)101-84(120)72(47-59-48-97-65-24-9-8-22-62(59)65)105-83(119)70(46-55-31-36-61(111)37-32-55)104-82(118)69(45-54-29-34-60(89)35-30-54)103-79(115)64(94)43-56-28-33-57-20-6-7-21-58(57)42-56/h3-9,18-22,24,28-37,42,48,51-52,63-64,66-73,75-76,97,109-111,125H,10-17,23,25-27,38-41,43-47,49-50,90-94H2,1-2H3,(H2,95,113)(H,96,123)(H,98,114)(H,99,112)(H,100,116)(H,101,120)(H,102,122)(H,103,115)(H,104,118)(H,105,119)(H,106,124)(H,107,121)(H,108,117)/t51-,52-,63+,64-,66+,67+,68+,69+,70+,71+,72-,73+,75+,76+/m1/s1. The number of thiol groups is 1. The van der Waals surface area contributed by atoms with Crippen molar-refractivity contribution < 1.29 is 77.6 Å². The summed E-state index contributed by atoms with van der Waals surface area (Å²) in [4.78, 5) is 186. The summed E-state index contributed by atoms with van der Waals surface area (Å²) >= 11 is 10.5. The number of carbonyl (C=O) groups excluding carboxylic acids is 13. The number of hydrogen-bond donors (Lipinski definition) is 23. The van der Waals surface area contributed by atoms with Crippen molar-refractivity contribution in [1.29, 1.82) is 0 Å². The number of fused-ring (bicyclic) bond motifs is 2. The van der Waals surface area contributed by atoms with Crippen LogP contribution in [0, 0.1) is 0 Å². The van der Waals surface area contributed by atoms with Gasteiger partial charge >= 0.3 is 0 Å². The Labute approximate surface area is 736 Å². The minimum Gasteiger partial charge on any atom is -0.508 e. The molecule has 0 saturated heterocycles. The number of aromatic hydroxyl groups is 1. The SMILES string of the molecule is C[C@@H](O)[C@H](NC(=O)[C@H](Cc1ccccc1)NC(=O)[C@@H](NC(=O)[C@H](CCCCN)NC(=O)[C@@H](Cc1c[nH]c2ccccc12)NC(=O)[C@H](Cc1ccc(O)cc1)NC(=O)[C@H](Cc1ccc(Cl)cc1)NC(=O)[C@H](N)Cc1ccc2ccccc2c1)[C@@H](C)O)C(=O)NCCCC[C@H](N)C(=O)NCC(=O)N[C@@H](CS)C(=O)N[C@@H](CCCCN)C(=O)N[C@@H](CCCCN)C(N)=O. The fraction of sp³-hybridized carbons (Fsp3) is 0.443. The van der Waals surface area contributed by atoms with Crippen molar-refractivity contribution in [3.63, 3.8) is 0 Å². The molecule has 0 aliphatic rings. The van der Waals surface area contributed by atoms with Crippen molar-refractivity contribution in [2.24, 2.45) is 34.4 Å². The number of amides is 13.